The molecule has 0 spiro atoms. The van der Waals surface area contributed by atoms with Crippen LogP contribution in [0, 0.1) is 23.7 Å². The number of ether oxygens (including phenoxy) is 1. The van der Waals surface area contributed by atoms with Crippen LogP contribution in [0.1, 0.15) is 80.3 Å². The minimum absolute atomic E-state index is 0.0584. The number of nitrogens with zero attached hydrogens (tertiary/aromatic N) is 3. The van der Waals surface area contributed by atoms with Crippen molar-refractivity contribution in [2.24, 2.45) is 23.7 Å². The molecular weight excluding hydrogens is 670 g/mol. The number of hydrogen-bond donors (Lipinski definition) is 2. The number of halogens is 1. The Bertz CT molecular complexity index is 1620. The van der Waals surface area contributed by atoms with Gasteiger partial charge in [-0.3, -0.25) is 9.69 Å². The summed E-state index contributed by atoms with van der Waals surface area (Å²) in [5, 5.41) is 3.68. The Morgan fingerprint density at radius 3 is 2.64 bits per heavy atom. The Kier molecular flexibility index (Phi) is 11.3. The first kappa shape index (κ1) is 36.0. The predicted octanol–water partition coefficient (Wildman–Crippen LogP) is 5.56. The van der Waals surface area contributed by atoms with Crippen LogP contribution in [0.2, 0.25) is 5.02 Å². The van der Waals surface area contributed by atoms with Crippen molar-refractivity contribution in [3.05, 3.63) is 58.1 Å². The minimum Gasteiger partial charge on any atom is -0.487 e. The number of nitrogens with one attached hydrogen (secondary N) is 2. The normalized spacial score (nSPS) is 31.4. The summed E-state index contributed by atoms with van der Waals surface area (Å²) in [5.74, 6) is 1.85. The molecule has 0 unspecified atom stereocenters. The molecule has 4 heterocycles. The third-order valence-corrected chi connectivity index (χ3v) is 14.8. The Balaban J connectivity index is 1.19. The molecule has 1 aliphatic carbocycles. The van der Waals surface area contributed by atoms with Crippen molar-refractivity contribution in [3.8, 4) is 5.75 Å². The fourth-order valence-electron chi connectivity index (χ4n) is 9.20. The first-order valence-electron chi connectivity index (χ1n) is 19.2. The molecule has 7 rings (SSSR count). The summed E-state index contributed by atoms with van der Waals surface area (Å²) in [4.78, 5) is 21.4. The topological polar surface area (TPSA) is 94.2 Å². The van der Waals surface area contributed by atoms with E-state index in [1.165, 1.54) is 18.4 Å². The number of hydrogen-bond acceptors (Lipinski definition) is 8. The maximum Gasteiger partial charge on any atom is 0.264 e. The standard InChI is InChI=1S/C39H56ClN5O4S/c1-27-6-5-8-31(23-43-18-19-44-17-15-41-22-35(44)25-43)36-13-10-32(36)24-45-16-4-3-7-29-20-34(40)12-9-33(29)26-49-38-14-11-30(21-37(38)45)39(46)42-50(47,48)28(27)2/h9,11-12,14,20-21,27-28,31-32,35-36,41H,3-8,10,13,15-19,22-26H2,1-2H3,(H,42,46)/t27-,28+,31+,32-,35+,36-/m0/s1. The van der Waals surface area contributed by atoms with Crippen LogP contribution in [0.15, 0.2) is 36.4 Å². The van der Waals surface area contributed by atoms with E-state index < -0.39 is 21.2 Å². The minimum atomic E-state index is -3.87. The molecule has 0 aromatic heterocycles. The lowest BCUT2D eigenvalue weighted by molar-refractivity contribution is 0.0209. The van der Waals surface area contributed by atoms with E-state index in [1.807, 2.05) is 25.1 Å². The first-order chi connectivity index (χ1) is 24.1. The van der Waals surface area contributed by atoms with Gasteiger partial charge in [0.25, 0.3) is 5.91 Å². The summed E-state index contributed by atoms with van der Waals surface area (Å²) in [7, 11) is -3.87. The van der Waals surface area contributed by atoms with Gasteiger partial charge in [0.1, 0.15) is 12.4 Å². The quantitative estimate of drug-likeness (QED) is 0.416. The molecule has 274 valence electrons. The van der Waals surface area contributed by atoms with Gasteiger partial charge in [-0.15, -0.1) is 0 Å². The highest BCUT2D eigenvalue weighted by molar-refractivity contribution is 7.90. The Morgan fingerprint density at radius 2 is 1.80 bits per heavy atom. The molecular formula is C39H56ClN5O4S. The summed E-state index contributed by atoms with van der Waals surface area (Å²) >= 11 is 6.40. The van der Waals surface area contributed by atoms with Gasteiger partial charge in [0.15, 0.2) is 0 Å². The van der Waals surface area contributed by atoms with Gasteiger partial charge in [-0.1, -0.05) is 31.0 Å². The van der Waals surface area contributed by atoms with Crippen LogP contribution >= 0.6 is 11.6 Å². The average Bonchev–Trinajstić information content (AvgIpc) is 3.12. The second kappa shape index (κ2) is 15.7. The lowest BCUT2D eigenvalue weighted by atomic mass is 9.65. The third-order valence-electron chi connectivity index (χ3n) is 12.7. The number of carbonyl (C=O) groups is 1. The molecule has 2 saturated heterocycles. The Morgan fingerprint density at radius 1 is 0.920 bits per heavy atom. The van der Waals surface area contributed by atoms with Crippen LogP contribution in [0.3, 0.4) is 0 Å². The van der Waals surface area contributed by atoms with E-state index in [4.69, 9.17) is 16.3 Å². The highest BCUT2D eigenvalue weighted by Crippen LogP contribution is 2.44. The Hall–Kier alpha value is -2.37. The van der Waals surface area contributed by atoms with Crippen molar-refractivity contribution in [3.63, 3.8) is 0 Å². The number of piperazine rings is 2. The molecule has 2 N–H and O–H groups in total. The van der Waals surface area contributed by atoms with Gasteiger partial charge >= 0.3 is 0 Å². The smallest absolute Gasteiger partial charge is 0.264 e. The molecule has 1 amide bonds. The molecule has 0 radical (unpaired) electrons. The van der Waals surface area contributed by atoms with Crippen molar-refractivity contribution < 1.29 is 17.9 Å². The maximum atomic E-state index is 13.6. The van der Waals surface area contributed by atoms with Crippen LogP contribution < -0.4 is 19.7 Å². The molecule has 1 saturated carbocycles. The molecule has 2 bridgehead atoms. The zero-order chi connectivity index (χ0) is 34.8. The monoisotopic (exact) mass is 725 g/mol. The predicted molar refractivity (Wildman–Crippen MR) is 201 cm³/mol. The number of anilines is 1. The molecule has 4 aliphatic heterocycles. The summed E-state index contributed by atoms with van der Waals surface area (Å²) in [6.07, 6.45) is 8.35. The van der Waals surface area contributed by atoms with E-state index in [-0.39, 0.29) is 5.92 Å². The van der Waals surface area contributed by atoms with Crippen LogP contribution in [0.25, 0.3) is 0 Å². The summed E-state index contributed by atoms with van der Waals surface area (Å²) in [5.41, 5.74) is 3.55. The largest absolute Gasteiger partial charge is 0.487 e. The van der Waals surface area contributed by atoms with E-state index >= 15 is 0 Å². The van der Waals surface area contributed by atoms with E-state index in [1.54, 1.807) is 13.0 Å². The average molecular weight is 726 g/mol. The van der Waals surface area contributed by atoms with Crippen molar-refractivity contribution in [2.75, 3.05) is 63.8 Å². The molecule has 3 fully saturated rings. The van der Waals surface area contributed by atoms with E-state index in [0.717, 1.165) is 119 Å². The molecule has 50 heavy (non-hydrogen) atoms. The molecule has 9 nitrogen and oxygen atoms in total. The van der Waals surface area contributed by atoms with Gasteiger partial charge < -0.3 is 19.9 Å². The zero-order valence-electron chi connectivity index (χ0n) is 29.9. The molecule has 11 heteroatoms. The SMILES string of the molecule is C[C@@H]1[C@@H](C)CCC[C@H](CN2CCN3CCNC[C@@H]3C2)[C@@H]2CC[C@H]2CN2CCCCc3cc(Cl)ccc3COc3ccc(cc32)C(=O)NS1(=O)=O. The maximum absolute atomic E-state index is 13.6. The van der Waals surface area contributed by atoms with Gasteiger partial charge in [-0.05, 0) is 117 Å². The number of benzene rings is 2. The number of aryl methyl sites for hydroxylation is 1. The van der Waals surface area contributed by atoms with E-state index in [0.29, 0.717) is 36.0 Å². The van der Waals surface area contributed by atoms with Gasteiger partial charge in [0.05, 0.1) is 10.9 Å². The summed E-state index contributed by atoms with van der Waals surface area (Å²) in [6.45, 7) is 13.8. The van der Waals surface area contributed by atoms with Crippen molar-refractivity contribution in [2.45, 2.75) is 83.1 Å². The van der Waals surface area contributed by atoms with Gasteiger partial charge in [0.2, 0.25) is 10.0 Å². The lowest BCUT2D eigenvalue weighted by Crippen LogP contribution is -2.61. The molecule has 6 atom stereocenters. The van der Waals surface area contributed by atoms with E-state index in [2.05, 4.69) is 36.9 Å². The summed E-state index contributed by atoms with van der Waals surface area (Å²) < 4.78 is 36.0. The molecule has 2 aromatic carbocycles. The number of amides is 1. The zero-order valence-corrected chi connectivity index (χ0v) is 31.5. The molecule has 5 aliphatic rings. The second-order valence-electron chi connectivity index (χ2n) is 15.8. The van der Waals surface area contributed by atoms with Crippen molar-refractivity contribution in [1.29, 1.82) is 0 Å². The number of sulfonamides is 1. The second-order valence-corrected chi connectivity index (χ2v) is 18.3. The highest BCUT2D eigenvalue weighted by Gasteiger charge is 2.40. The van der Waals surface area contributed by atoms with Crippen molar-refractivity contribution in [1.82, 2.24) is 19.8 Å². The first-order valence-corrected chi connectivity index (χ1v) is 21.1. The molecule has 2 aromatic rings. The van der Waals surface area contributed by atoms with Gasteiger partial charge in [-0.25, -0.2) is 13.1 Å². The fourth-order valence-corrected chi connectivity index (χ4v) is 10.7. The Labute approximate surface area is 304 Å². The van der Waals surface area contributed by atoms with Crippen molar-refractivity contribution >= 4 is 33.2 Å². The van der Waals surface area contributed by atoms with Crippen LogP contribution in [-0.4, -0.2) is 94.3 Å². The van der Waals surface area contributed by atoms with Crippen LogP contribution in [0.5, 0.6) is 5.75 Å². The number of carbonyl (C=O) groups excluding carboxylic acids is 1. The third kappa shape index (κ3) is 8.15. The van der Waals surface area contributed by atoms with Gasteiger partial charge in [-0.2, -0.15) is 0 Å². The van der Waals surface area contributed by atoms with Gasteiger partial charge in [0, 0.05) is 75.5 Å². The number of fused-ring (bicyclic) bond motifs is 4. The van der Waals surface area contributed by atoms with Crippen LogP contribution in [-0.2, 0) is 23.1 Å². The fraction of sp³-hybridized carbons (Fsp3) is 0.667. The highest BCUT2D eigenvalue weighted by atomic mass is 35.5. The number of rotatable bonds is 2. The summed E-state index contributed by atoms with van der Waals surface area (Å²) in [6, 6.07) is 12.0. The lowest BCUT2D eigenvalue weighted by Gasteiger charge is -2.49. The van der Waals surface area contributed by atoms with Crippen LogP contribution in [0.4, 0.5) is 5.69 Å². The van der Waals surface area contributed by atoms with E-state index in [9.17, 15) is 13.2 Å².